The number of H-pyrrole nitrogens is 1. The van der Waals surface area contributed by atoms with Crippen LogP contribution in [0, 0.1) is 5.41 Å². The standard InChI is InChI=1S/C41H54N10O5S/c1-25(54-5)37-30(16-27(19-43-37)50-12-11-49-13-14-55-21-28(49)20-50)38-31-18-41(2,3)23-56-40(53)33-7-6-10-51(48-33)39(52)34(44-24-45-42-4)17-36-46-35(22-57-36)26-8-9-32(47-38)29(31)15-26/h8-9,15-16,19,22,24-25,28,33-34,42,47-48H,6-7,10-14,17-18,20-21,23H2,1-5H3,(H,44,45). The Morgan fingerprint density at radius 2 is 2.05 bits per heavy atom. The van der Waals surface area contributed by atoms with E-state index in [0.717, 1.165) is 94.8 Å². The maximum atomic E-state index is 13.9. The van der Waals surface area contributed by atoms with Crippen LogP contribution in [0.1, 0.15) is 56.0 Å². The fourth-order valence-corrected chi connectivity index (χ4v) is 9.21. The van der Waals surface area contributed by atoms with Crippen LogP contribution in [0.25, 0.3) is 33.4 Å². The number of rotatable bonds is 7. The number of hydrazine groups is 2. The number of carbonyl (C=O) groups excluding carboxylic acids is 2. The molecule has 4 N–H and O–H groups in total. The van der Waals surface area contributed by atoms with Crippen molar-refractivity contribution in [1.82, 2.24) is 41.1 Å². The van der Waals surface area contributed by atoms with E-state index in [9.17, 15) is 9.59 Å². The Kier molecular flexibility index (Phi) is 11.6. The van der Waals surface area contributed by atoms with E-state index in [0.29, 0.717) is 38.3 Å². The molecule has 304 valence electrons. The monoisotopic (exact) mass is 798 g/mol. The van der Waals surface area contributed by atoms with E-state index in [1.807, 2.05) is 18.5 Å². The lowest BCUT2D eigenvalue weighted by Crippen LogP contribution is -2.58. The fourth-order valence-electron chi connectivity index (χ4n) is 8.36. The smallest absolute Gasteiger partial charge is 0.324 e. The molecule has 4 aromatic rings. The number of ether oxygens (including phenoxy) is 3. The van der Waals surface area contributed by atoms with Gasteiger partial charge >= 0.3 is 5.97 Å². The number of nitrogens with one attached hydrogen (secondary N) is 4. The number of cyclic esters (lactones) is 1. The van der Waals surface area contributed by atoms with Crippen LogP contribution in [0.15, 0.2) is 40.8 Å². The summed E-state index contributed by atoms with van der Waals surface area (Å²) in [5, 5.41) is 5.42. The molecule has 0 aliphatic carbocycles. The van der Waals surface area contributed by atoms with Crippen molar-refractivity contribution in [2.24, 2.45) is 10.4 Å². The predicted octanol–water partition coefficient (Wildman–Crippen LogP) is 3.87. The molecule has 0 spiro atoms. The van der Waals surface area contributed by atoms with Gasteiger partial charge in [0.05, 0.1) is 72.3 Å². The highest BCUT2D eigenvalue weighted by molar-refractivity contribution is 7.10. The van der Waals surface area contributed by atoms with E-state index in [4.69, 9.17) is 24.2 Å². The van der Waals surface area contributed by atoms with Crippen molar-refractivity contribution < 1.29 is 23.8 Å². The van der Waals surface area contributed by atoms with Crippen LogP contribution in [-0.2, 0) is 36.6 Å². The predicted molar refractivity (Wildman–Crippen MR) is 221 cm³/mol. The van der Waals surface area contributed by atoms with Crippen LogP contribution < -0.4 is 21.2 Å². The van der Waals surface area contributed by atoms with Gasteiger partial charge in [-0.05, 0) is 49.9 Å². The number of thiazole rings is 1. The molecule has 1 amide bonds. The van der Waals surface area contributed by atoms with Gasteiger partial charge in [0.1, 0.15) is 12.1 Å². The van der Waals surface area contributed by atoms with Gasteiger partial charge in [-0.25, -0.2) is 15.8 Å². The number of amides is 1. The van der Waals surface area contributed by atoms with Gasteiger partial charge in [-0.1, -0.05) is 19.9 Å². The Morgan fingerprint density at radius 3 is 2.89 bits per heavy atom. The third-order valence-electron chi connectivity index (χ3n) is 11.6. The Balaban J connectivity index is 1.22. The number of hydrogen-bond donors (Lipinski definition) is 4. The number of morpholine rings is 1. The van der Waals surface area contributed by atoms with Crippen LogP contribution >= 0.6 is 11.3 Å². The summed E-state index contributed by atoms with van der Waals surface area (Å²) in [4.78, 5) is 51.0. The number of fused-ring (bicyclic) bond motifs is 7. The first-order valence-electron chi connectivity index (χ1n) is 20.0. The lowest BCUT2D eigenvalue weighted by molar-refractivity contribution is -0.154. The molecule has 57 heavy (non-hydrogen) atoms. The Bertz CT molecular complexity index is 2120. The van der Waals surface area contributed by atoms with Crippen molar-refractivity contribution in [2.45, 2.75) is 70.7 Å². The van der Waals surface area contributed by atoms with E-state index in [2.05, 4.69) is 74.2 Å². The second kappa shape index (κ2) is 16.8. The highest BCUT2D eigenvalue weighted by Gasteiger charge is 2.35. The van der Waals surface area contributed by atoms with Gasteiger partial charge < -0.3 is 29.5 Å². The van der Waals surface area contributed by atoms with E-state index < -0.39 is 17.5 Å². The number of pyridine rings is 1. The average Bonchev–Trinajstić information content (AvgIpc) is 3.85. The number of esters is 1. The first-order valence-corrected chi connectivity index (χ1v) is 20.9. The minimum Gasteiger partial charge on any atom is -0.464 e. The first kappa shape index (κ1) is 39.4. The second-order valence-corrected chi connectivity index (χ2v) is 17.2. The normalized spacial score (nSPS) is 24.0. The maximum Gasteiger partial charge on any atom is 0.324 e. The van der Waals surface area contributed by atoms with Crippen molar-refractivity contribution in [1.29, 1.82) is 0 Å². The van der Waals surface area contributed by atoms with Gasteiger partial charge in [0, 0.05) is 86.1 Å². The molecule has 4 atom stereocenters. The van der Waals surface area contributed by atoms with Crippen molar-refractivity contribution >= 4 is 46.1 Å². The van der Waals surface area contributed by atoms with Gasteiger partial charge in [0.2, 0.25) is 0 Å². The molecule has 16 heteroatoms. The van der Waals surface area contributed by atoms with Crippen LogP contribution in [0.5, 0.6) is 0 Å². The van der Waals surface area contributed by atoms with Crippen molar-refractivity contribution in [2.75, 3.05) is 71.6 Å². The van der Waals surface area contributed by atoms with E-state index in [1.165, 1.54) is 22.7 Å². The zero-order valence-electron chi connectivity index (χ0n) is 33.5. The number of aromatic amines is 1. The molecule has 3 aromatic heterocycles. The molecule has 8 rings (SSSR count). The third kappa shape index (κ3) is 8.43. The molecular formula is C41H54N10O5S. The molecule has 0 saturated carbocycles. The highest BCUT2D eigenvalue weighted by atomic mass is 32.1. The Hall–Kier alpha value is -4.45. The Morgan fingerprint density at radius 1 is 1.18 bits per heavy atom. The number of hydrogen-bond acceptors (Lipinski definition) is 13. The molecule has 15 nitrogen and oxygen atoms in total. The zero-order chi connectivity index (χ0) is 39.7. The largest absolute Gasteiger partial charge is 0.464 e. The molecule has 3 fully saturated rings. The summed E-state index contributed by atoms with van der Waals surface area (Å²) in [5.74, 6) is -0.599. The van der Waals surface area contributed by atoms with Crippen LogP contribution in [0.3, 0.4) is 0 Å². The topological polar surface area (TPSA) is 162 Å². The van der Waals surface area contributed by atoms with E-state index >= 15 is 0 Å². The second-order valence-electron chi connectivity index (χ2n) is 16.2. The fraction of sp³-hybridized carbons (Fsp3) is 0.537. The summed E-state index contributed by atoms with van der Waals surface area (Å²) < 4.78 is 17.9. The van der Waals surface area contributed by atoms with Crippen LogP contribution in [-0.4, -0.2) is 128 Å². The summed E-state index contributed by atoms with van der Waals surface area (Å²) in [6.07, 6.45) is 5.34. The van der Waals surface area contributed by atoms with Gasteiger partial charge in [0.15, 0.2) is 0 Å². The lowest BCUT2D eigenvalue weighted by Gasteiger charge is -2.44. The number of carbonyl (C=O) groups is 2. The summed E-state index contributed by atoms with van der Waals surface area (Å²) >= 11 is 1.51. The number of anilines is 1. The zero-order valence-corrected chi connectivity index (χ0v) is 34.3. The minimum absolute atomic E-state index is 0.190. The molecule has 4 aliphatic heterocycles. The maximum absolute atomic E-state index is 13.9. The molecule has 7 heterocycles. The molecular weight excluding hydrogens is 745 g/mol. The molecule has 0 radical (unpaired) electrons. The van der Waals surface area contributed by atoms with Gasteiger partial charge in [-0.3, -0.25) is 29.5 Å². The summed E-state index contributed by atoms with van der Waals surface area (Å²) in [5.41, 5.74) is 16.1. The lowest BCUT2D eigenvalue weighted by atomic mass is 9.84. The summed E-state index contributed by atoms with van der Waals surface area (Å²) in [6, 6.07) is 7.61. The van der Waals surface area contributed by atoms with Crippen molar-refractivity contribution in [3.63, 3.8) is 0 Å². The highest BCUT2D eigenvalue weighted by Crippen LogP contribution is 2.41. The summed E-state index contributed by atoms with van der Waals surface area (Å²) in [7, 11) is 3.44. The first-order chi connectivity index (χ1) is 27.6. The molecule has 4 aliphatic rings. The SMILES string of the molecule is CNNC=NC1Cc2nc(cs2)-c2ccc3[nH]c(-c4cc(N5CCN6CCOCC6C5)cnc4C(C)OC)c(c3c2)CC(C)(C)COC(=O)C2CCCN(N2)C1=O. The molecule has 1 aromatic carbocycles. The number of aliphatic imine (C=N–C) groups is 1. The van der Waals surface area contributed by atoms with Crippen LogP contribution in [0.4, 0.5) is 5.69 Å². The van der Waals surface area contributed by atoms with E-state index in [1.54, 1.807) is 14.2 Å². The van der Waals surface area contributed by atoms with Gasteiger partial charge in [-0.15, -0.1) is 11.3 Å². The van der Waals surface area contributed by atoms with Crippen molar-refractivity contribution in [3.05, 3.63) is 52.1 Å². The molecule has 6 bridgehead atoms. The molecule has 3 saturated heterocycles. The quantitative estimate of drug-likeness (QED) is 0.0927. The minimum atomic E-state index is -0.751. The summed E-state index contributed by atoms with van der Waals surface area (Å²) in [6.45, 7) is 12.2. The van der Waals surface area contributed by atoms with Crippen molar-refractivity contribution in [3.8, 4) is 22.5 Å². The number of nitrogens with zero attached hydrogens (tertiary/aromatic N) is 6. The van der Waals surface area contributed by atoms with Crippen LogP contribution in [0.2, 0.25) is 0 Å². The van der Waals surface area contributed by atoms with E-state index in [-0.39, 0.29) is 24.6 Å². The third-order valence-corrected chi connectivity index (χ3v) is 12.5. The number of aromatic nitrogens is 3. The number of piperazine rings is 1. The van der Waals surface area contributed by atoms with Gasteiger partial charge in [0.25, 0.3) is 5.91 Å². The average molecular weight is 799 g/mol. The Labute approximate surface area is 337 Å². The molecule has 4 unspecified atom stereocenters. The number of benzene rings is 1. The van der Waals surface area contributed by atoms with Gasteiger partial charge in [-0.2, -0.15) is 0 Å². The number of methoxy groups -OCH3 is 1.